The molecule has 43 heavy (non-hydrogen) atoms. The summed E-state index contributed by atoms with van der Waals surface area (Å²) in [4.78, 5) is 24.6. The van der Waals surface area contributed by atoms with Crippen LogP contribution in [0, 0.1) is 0 Å². The Kier molecular flexibility index (Phi) is 33.9. The van der Waals surface area contributed by atoms with Crippen molar-refractivity contribution in [1.82, 2.24) is 0 Å². The van der Waals surface area contributed by atoms with Crippen LogP contribution in [0.2, 0.25) is 0 Å². The summed E-state index contributed by atoms with van der Waals surface area (Å²) in [6.45, 7) is 4.23. The van der Waals surface area contributed by atoms with Gasteiger partial charge in [0.05, 0.1) is 0 Å². The van der Waals surface area contributed by atoms with Crippen LogP contribution in [0.4, 0.5) is 0 Å². The van der Waals surface area contributed by atoms with Crippen LogP contribution >= 0.6 is 0 Å². The van der Waals surface area contributed by atoms with Crippen LogP contribution in [0.25, 0.3) is 0 Å². The smallest absolute Gasteiger partial charge is 0.0654 e. The van der Waals surface area contributed by atoms with E-state index in [0.29, 0.717) is 12.8 Å². The van der Waals surface area contributed by atoms with Gasteiger partial charge in [-0.1, -0.05) is 84.1 Å². The zero-order chi connectivity index (χ0) is 31.6. The van der Waals surface area contributed by atoms with Crippen molar-refractivity contribution in [1.29, 1.82) is 0 Å². The van der Waals surface area contributed by atoms with E-state index in [1.54, 1.807) is 0 Å². The summed E-state index contributed by atoms with van der Waals surface area (Å²) in [6.07, 6.45) is 37.1. The van der Waals surface area contributed by atoms with Crippen molar-refractivity contribution in [3.8, 4) is 0 Å². The summed E-state index contributed by atoms with van der Waals surface area (Å²) in [5.41, 5.74) is 0. The molecule has 1 N–H and O–H groups in total. The zero-order valence-corrected chi connectivity index (χ0v) is 34.6. The standard InChI is InChI=1S/C37H69O5.Sn.3H/c1-3-5-7-9-11-13-15-17-18-20-22-24-26-28-30-32-37(40)42-35(33-38)34-41-36(39)31-29-27-25-23-21-19-16-14-12-10-8-6-4-2;;;;/h17-18,34-35,38H,3-16,19-33H2,1-2H3;;;;/b18-17-;;;;. The Morgan fingerprint density at radius 3 is 1.23 bits per heavy atom. The summed E-state index contributed by atoms with van der Waals surface area (Å²) < 4.78 is 10.6. The molecule has 0 amide bonds. The van der Waals surface area contributed by atoms with Crippen molar-refractivity contribution in [2.75, 3.05) is 6.61 Å². The fourth-order valence-corrected chi connectivity index (χ4v) is 7.22. The first-order chi connectivity index (χ1) is 21.0. The molecule has 0 saturated carbocycles. The van der Waals surface area contributed by atoms with Crippen molar-refractivity contribution in [2.45, 2.75) is 204 Å². The number of carbonyl (C=O) groups is 2. The van der Waals surface area contributed by atoms with Crippen LogP contribution in [0.1, 0.15) is 194 Å². The van der Waals surface area contributed by atoms with Gasteiger partial charge in [0.2, 0.25) is 0 Å². The summed E-state index contributed by atoms with van der Waals surface area (Å²) in [6, 6.07) is 0. The van der Waals surface area contributed by atoms with E-state index in [2.05, 4.69) is 26.0 Å². The molecule has 254 valence electrons. The summed E-state index contributed by atoms with van der Waals surface area (Å²) >= 11 is -0.0837. The fourth-order valence-electron chi connectivity index (χ4n) is 5.48. The van der Waals surface area contributed by atoms with Crippen molar-refractivity contribution in [3.63, 3.8) is 0 Å². The van der Waals surface area contributed by atoms with Crippen molar-refractivity contribution >= 4 is 34.5 Å². The molecule has 2 atom stereocenters. The van der Waals surface area contributed by atoms with E-state index in [9.17, 15) is 14.7 Å². The molecule has 2 unspecified atom stereocenters. The molecular weight excluding hydrogens is 643 g/mol. The first-order valence-electron chi connectivity index (χ1n) is 18.7. The van der Waals surface area contributed by atoms with E-state index in [4.69, 9.17) is 9.47 Å². The molecule has 5 nitrogen and oxygen atoms in total. The molecule has 0 aromatic rings. The average Bonchev–Trinajstić information content (AvgIpc) is 3.00. The molecule has 0 aromatic carbocycles. The molecule has 0 spiro atoms. The first kappa shape index (κ1) is 42.4. The van der Waals surface area contributed by atoms with E-state index < -0.39 is 10.2 Å². The Morgan fingerprint density at radius 2 is 0.860 bits per heavy atom. The molecule has 0 heterocycles. The van der Waals surface area contributed by atoms with E-state index in [1.807, 2.05) is 0 Å². The molecule has 0 bridgehead atoms. The van der Waals surface area contributed by atoms with Gasteiger partial charge in [-0.2, -0.15) is 0 Å². The minimum atomic E-state index is -0.706. The van der Waals surface area contributed by atoms with Crippen LogP contribution in [0.3, 0.4) is 0 Å². The van der Waals surface area contributed by atoms with E-state index in [-0.39, 0.29) is 41.1 Å². The number of aliphatic hydroxyl groups excluding tert-OH is 1. The van der Waals surface area contributed by atoms with Crippen molar-refractivity contribution < 1.29 is 24.2 Å². The number of ether oxygens (including phenoxy) is 2. The monoisotopic (exact) mass is 716 g/mol. The van der Waals surface area contributed by atoms with Gasteiger partial charge in [-0.25, -0.2) is 0 Å². The number of hydrogen-bond acceptors (Lipinski definition) is 5. The Bertz CT molecular complexity index is 638. The average molecular weight is 716 g/mol. The minimum absolute atomic E-state index is 0.0837. The Hall–Kier alpha value is -0.561. The van der Waals surface area contributed by atoms with Gasteiger partial charge < -0.3 is 0 Å². The van der Waals surface area contributed by atoms with Gasteiger partial charge in [0, 0.05) is 0 Å². The SMILES string of the molecule is CCCCCCCC/C=C\CCCCCCCC(=O)OC(CO)[CH]([SnH3])OC(=O)CCCCCCCCCCCCCCC. The second kappa shape index (κ2) is 34.3. The maximum atomic E-state index is 12.3. The second-order valence-electron chi connectivity index (χ2n) is 12.7. The van der Waals surface area contributed by atoms with Crippen LogP contribution in [-0.4, -0.2) is 56.4 Å². The molecule has 0 aliphatic heterocycles. The molecule has 0 aromatic heterocycles. The Morgan fingerprint density at radius 1 is 0.535 bits per heavy atom. The second-order valence-corrected chi connectivity index (χ2v) is 16.0. The quantitative estimate of drug-likeness (QED) is 0.0317. The first-order valence-corrected chi connectivity index (χ1v) is 22.0. The summed E-state index contributed by atoms with van der Waals surface area (Å²) in [7, 11) is 0. The topological polar surface area (TPSA) is 72.8 Å². The zero-order valence-electron chi connectivity index (χ0n) is 28.9. The van der Waals surface area contributed by atoms with E-state index >= 15 is 0 Å². The molecule has 0 aliphatic rings. The third-order valence-electron chi connectivity index (χ3n) is 8.43. The number of unbranched alkanes of at least 4 members (excludes halogenated alkanes) is 23. The molecule has 0 saturated heterocycles. The number of aliphatic hydroxyl groups is 1. The van der Waals surface area contributed by atoms with Crippen LogP contribution < -0.4 is 0 Å². The van der Waals surface area contributed by atoms with E-state index in [0.717, 1.165) is 38.5 Å². The number of rotatable bonds is 33. The van der Waals surface area contributed by atoms with Gasteiger partial charge in [0.15, 0.2) is 0 Å². The van der Waals surface area contributed by atoms with Crippen molar-refractivity contribution in [2.24, 2.45) is 0 Å². The van der Waals surface area contributed by atoms with Crippen LogP contribution in [0.5, 0.6) is 0 Å². The summed E-state index contributed by atoms with van der Waals surface area (Å²) in [5.74, 6) is -0.513. The predicted molar refractivity (Wildman–Crippen MR) is 187 cm³/mol. The van der Waals surface area contributed by atoms with Crippen molar-refractivity contribution in [3.05, 3.63) is 12.2 Å². The van der Waals surface area contributed by atoms with Gasteiger partial charge in [0.25, 0.3) is 0 Å². The van der Waals surface area contributed by atoms with Gasteiger partial charge in [0.1, 0.15) is 0 Å². The van der Waals surface area contributed by atoms with E-state index in [1.165, 1.54) is 128 Å². The maximum absolute atomic E-state index is 12.3. The van der Waals surface area contributed by atoms with Gasteiger partial charge in [-0.15, -0.1) is 0 Å². The third kappa shape index (κ3) is 31.2. The molecule has 0 radical (unpaired) electrons. The molecule has 0 fully saturated rings. The Labute approximate surface area is 280 Å². The normalized spacial score (nSPS) is 13.0. The van der Waals surface area contributed by atoms with Gasteiger partial charge in [-0.05, 0) is 12.8 Å². The number of allylic oxidation sites excluding steroid dienone is 2. The molecular formula is C37H72O5Sn. The van der Waals surface area contributed by atoms with Gasteiger partial charge in [-0.3, -0.25) is 0 Å². The van der Waals surface area contributed by atoms with Crippen LogP contribution in [-0.2, 0) is 19.1 Å². The number of carbonyl (C=O) groups excluding carboxylic acids is 2. The summed E-state index contributed by atoms with van der Waals surface area (Å²) in [5, 5.41) is 9.72. The molecule has 0 rings (SSSR count). The number of esters is 2. The number of hydrogen-bond donors (Lipinski definition) is 1. The minimum Gasteiger partial charge on any atom is -0.0654 e. The Balaban J connectivity index is 3.69. The molecule has 0 aliphatic carbocycles. The molecule has 6 heteroatoms. The van der Waals surface area contributed by atoms with Crippen LogP contribution in [0.15, 0.2) is 12.2 Å². The third-order valence-corrected chi connectivity index (χ3v) is 11.2. The predicted octanol–water partition coefficient (Wildman–Crippen LogP) is 9.64. The van der Waals surface area contributed by atoms with Gasteiger partial charge >= 0.3 is 184 Å². The fraction of sp³-hybridized carbons (Fsp3) is 0.892.